The fraction of sp³-hybridized carbons (Fsp3) is 0.636. The van der Waals surface area contributed by atoms with Gasteiger partial charge in [-0.2, -0.15) is 0 Å². The van der Waals surface area contributed by atoms with Gasteiger partial charge in [-0.15, -0.1) is 11.3 Å². The quantitative estimate of drug-likeness (QED) is 0.817. The van der Waals surface area contributed by atoms with Crippen LogP contribution in [0.15, 0.2) is 12.1 Å². The minimum Gasteiger partial charge on any atom is -0.314 e. The smallest absolute Gasteiger partial charge is 0.0931 e. The van der Waals surface area contributed by atoms with Crippen LogP contribution in [0.3, 0.4) is 0 Å². The first-order valence-electron chi connectivity index (χ1n) is 5.05. The summed E-state index contributed by atoms with van der Waals surface area (Å²) in [5, 5.41) is 3.44. The predicted molar refractivity (Wildman–Crippen MR) is 65.3 cm³/mol. The monoisotopic (exact) mass is 231 g/mol. The Kier molecular flexibility index (Phi) is 4.93. The lowest BCUT2D eigenvalue weighted by Crippen LogP contribution is -2.28. The maximum absolute atomic E-state index is 5.87. The van der Waals surface area contributed by atoms with Crippen molar-refractivity contribution in [2.45, 2.75) is 33.2 Å². The maximum atomic E-state index is 5.87. The van der Waals surface area contributed by atoms with Crippen molar-refractivity contribution in [3.63, 3.8) is 0 Å². The van der Waals surface area contributed by atoms with Crippen LogP contribution in [0.4, 0.5) is 0 Å². The van der Waals surface area contributed by atoms with Crippen molar-refractivity contribution < 1.29 is 0 Å². The maximum Gasteiger partial charge on any atom is 0.0931 e. The van der Waals surface area contributed by atoms with Crippen molar-refractivity contribution in [1.82, 2.24) is 5.32 Å². The van der Waals surface area contributed by atoms with E-state index >= 15 is 0 Å². The number of hydrogen-bond acceptors (Lipinski definition) is 2. The van der Waals surface area contributed by atoms with Crippen LogP contribution < -0.4 is 5.32 Å². The molecule has 1 nitrogen and oxygen atoms in total. The molecule has 1 heterocycles. The molecule has 0 saturated carbocycles. The van der Waals surface area contributed by atoms with Gasteiger partial charge >= 0.3 is 0 Å². The summed E-state index contributed by atoms with van der Waals surface area (Å²) >= 11 is 7.56. The number of rotatable bonds is 5. The molecule has 14 heavy (non-hydrogen) atoms. The average molecular weight is 232 g/mol. The second kappa shape index (κ2) is 5.74. The third-order valence-corrected chi connectivity index (χ3v) is 3.31. The highest BCUT2D eigenvalue weighted by Crippen LogP contribution is 2.23. The Balaban J connectivity index is 2.30. The van der Waals surface area contributed by atoms with E-state index in [0.717, 1.165) is 17.3 Å². The minimum absolute atomic E-state index is 0.573. The summed E-state index contributed by atoms with van der Waals surface area (Å²) in [5.74, 6) is 0.673. The van der Waals surface area contributed by atoms with Crippen molar-refractivity contribution in [3.05, 3.63) is 21.3 Å². The zero-order valence-corrected chi connectivity index (χ0v) is 10.6. The summed E-state index contributed by atoms with van der Waals surface area (Å²) in [7, 11) is 0. The molecule has 0 amide bonds. The third kappa shape index (κ3) is 4.45. The molecule has 3 heteroatoms. The van der Waals surface area contributed by atoms with Gasteiger partial charge in [-0.3, -0.25) is 0 Å². The van der Waals surface area contributed by atoms with E-state index in [4.69, 9.17) is 11.6 Å². The van der Waals surface area contributed by atoms with Gasteiger partial charge in [0.25, 0.3) is 0 Å². The van der Waals surface area contributed by atoms with Gasteiger partial charge in [0.15, 0.2) is 0 Å². The minimum atomic E-state index is 0.573. The number of nitrogens with one attached hydrogen (secondary N) is 1. The zero-order valence-electron chi connectivity index (χ0n) is 9.01. The largest absolute Gasteiger partial charge is 0.314 e. The van der Waals surface area contributed by atoms with E-state index in [1.54, 1.807) is 11.3 Å². The summed E-state index contributed by atoms with van der Waals surface area (Å²) in [5.41, 5.74) is 0. The van der Waals surface area contributed by atoms with E-state index < -0.39 is 0 Å². The van der Waals surface area contributed by atoms with Crippen molar-refractivity contribution in [2.75, 3.05) is 6.54 Å². The lowest BCUT2D eigenvalue weighted by molar-refractivity contribution is 0.478. The molecule has 1 rings (SSSR count). The third-order valence-electron chi connectivity index (χ3n) is 2.05. The van der Waals surface area contributed by atoms with Crippen LogP contribution in [0.5, 0.6) is 0 Å². The van der Waals surface area contributed by atoms with Crippen molar-refractivity contribution in [1.29, 1.82) is 0 Å². The molecule has 0 aliphatic heterocycles. The Morgan fingerprint density at radius 1 is 1.36 bits per heavy atom. The van der Waals surface area contributed by atoms with Gasteiger partial charge in [-0.05, 0) is 31.0 Å². The van der Waals surface area contributed by atoms with Crippen molar-refractivity contribution in [3.8, 4) is 0 Å². The van der Waals surface area contributed by atoms with Crippen LogP contribution in [0.1, 0.15) is 25.6 Å². The van der Waals surface area contributed by atoms with E-state index in [9.17, 15) is 0 Å². The van der Waals surface area contributed by atoms with E-state index in [-0.39, 0.29) is 0 Å². The summed E-state index contributed by atoms with van der Waals surface area (Å²) in [6, 6.07) is 4.67. The molecule has 0 aliphatic rings. The molecular formula is C11H18ClNS. The Hall–Kier alpha value is -0.0500. The van der Waals surface area contributed by atoms with Gasteiger partial charge in [0.2, 0.25) is 0 Å². The molecular weight excluding hydrogens is 214 g/mol. The summed E-state index contributed by atoms with van der Waals surface area (Å²) in [4.78, 5) is 1.38. The zero-order chi connectivity index (χ0) is 10.6. The van der Waals surface area contributed by atoms with Crippen LogP contribution >= 0.6 is 22.9 Å². The van der Waals surface area contributed by atoms with E-state index in [1.165, 1.54) is 4.88 Å². The van der Waals surface area contributed by atoms with Crippen LogP contribution in [-0.4, -0.2) is 12.6 Å². The summed E-state index contributed by atoms with van der Waals surface area (Å²) in [6.45, 7) is 7.69. The SMILES string of the molecule is CC(CNC(C)C)Cc1ccc(Cl)s1. The first-order valence-corrected chi connectivity index (χ1v) is 6.25. The highest BCUT2D eigenvalue weighted by atomic mass is 35.5. The first-order chi connectivity index (χ1) is 6.58. The van der Waals surface area contributed by atoms with E-state index in [1.807, 2.05) is 6.07 Å². The van der Waals surface area contributed by atoms with Gasteiger partial charge in [0.1, 0.15) is 0 Å². The molecule has 0 aromatic carbocycles. The Morgan fingerprint density at radius 3 is 2.57 bits per heavy atom. The normalized spacial score (nSPS) is 13.5. The second-order valence-corrected chi connectivity index (χ2v) is 5.88. The predicted octanol–water partition coefficient (Wildman–Crippen LogP) is 3.58. The summed E-state index contributed by atoms with van der Waals surface area (Å²) < 4.78 is 0.893. The van der Waals surface area contributed by atoms with Gasteiger partial charge in [0, 0.05) is 10.9 Å². The van der Waals surface area contributed by atoms with Crippen LogP contribution in [0.25, 0.3) is 0 Å². The fourth-order valence-electron chi connectivity index (χ4n) is 1.31. The highest BCUT2D eigenvalue weighted by Gasteiger charge is 2.06. The highest BCUT2D eigenvalue weighted by molar-refractivity contribution is 7.16. The van der Waals surface area contributed by atoms with Crippen LogP contribution in [-0.2, 0) is 6.42 Å². The average Bonchev–Trinajstić information content (AvgIpc) is 2.48. The Labute approximate surface area is 95.5 Å². The molecule has 1 aromatic rings. The molecule has 0 aliphatic carbocycles. The van der Waals surface area contributed by atoms with Crippen LogP contribution in [0, 0.1) is 5.92 Å². The molecule has 0 bridgehead atoms. The molecule has 80 valence electrons. The molecule has 0 saturated heterocycles. The molecule has 1 unspecified atom stereocenters. The molecule has 1 aromatic heterocycles. The molecule has 1 atom stereocenters. The van der Waals surface area contributed by atoms with Gasteiger partial charge in [-0.25, -0.2) is 0 Å². The van der Waals surface area contributed by atoms with Gasteiger partial charge < -0.3 is 5.32 Å². The fourth-order valence-corrected chi connectivity index (χ4v) is 2.56. The second-order valence-electron chi connectivity index (χ2n) is 4.08. The van der Waals surface area contributed by atoms with Crippen LogP contribution in [0.2, 0.25) is 4.34 Å². The Morgan fingerprint density at radius 2 is 2.07 bits per heavy atom. The summed E-state index contributed by atoms with van der Waals surface area (Å²) in [6.07, 6.45) is 1.12. The van der Waals surface area contributed by atoms with Gasteiger partial charge in [-0.1, -0.05) is 32.4 Å². The number of halogens is 1. The lowest BCUT2D eigenvalue weighted by atomic mass is 10.1. The molecule has 0 fully saturated rings. The first kappa shape index (κ1) is 12.0. The Bertz CT molecular complexity index is 270. The van der Waals surface area contributed by atoms with Crippen molar-refractivity contribution >= 4 is 22.9 Å². The van der Waals surface area contributed by atoms with E-state index in [0.29, 0.717) is 12.0 Å². The number of thiophene rings is 1. The van der Waals surface area contributed by atoms with Gasteiger partial charge in [0.05, 0.1) is 4.34 Å². The molecule has 1 N–H and O–H groups in total. The lowest BCUT2D eigenvalue weighted by Gasteiger charge is -2.13. The van der Waals surface area contributed by atoms with Crippen molar-refractivity contribution in [2.24, 2.45) is 5.92 Å². The number of hydrogen-bond donors (Lipinski definition) is 1. The molecule has 0 radical (unpaired) electrons. The topological polar surface area (TPSA) is 12.0 Å². The molecule has 0 spiro atoms. The van der Waals surface area contributed by atoms with E-state index in [2.05, 4.69) is 32.2 Å². The standard InChI is InChI=1S/C11H18ClNS/c1-8(2)13-7-9(3)6-10-4-5-11(12)14-10/h4-5,8-9,13H,6-7H2,1-3H3.